The fraction of sp³-hybridized carbons (Fsp3) is 0.356. The molecule has 1 aromatic heterocycles. The SMILES string of the molecule is Cc1cc2c3c(c1)N(c1ccc4c(c1)C(C)(C)CCC4(C)C)c1c(oc4ccc(C(C)(C)C)cc14)B3c1ccc(-c3ccccc3)cc1N2c1ccc2c(c1)C(C)(C)CCC2(C)C. The number of anilines is 6. The fourth-order valence-corrected chi connectivity index (χ4v) is 11.9. The molecule has 3 heterocycles. The van der Waals surface area contributed by atoms with Crippen molar-refractivity contribution in [3.05, 3.63) is 149 Å². The first-order chi connectivity index (χ1) is 29.7. The number of rotatable bonds is 3. The summed E-state index contributed by atoms with van der Waals surface area (Å²) in [5.74, 6) is 0. The highest BCUT2D eigenvalue weighted by atomic mass is 16.3. The molecule has 2 aliphatic carbocycles. The van der Waals surface area contributed by atoms with Gasteiger partial charge in [0.25, 0.3) is 6.71 Å². The predicted octanol–water partition coefficient (Wildman–Crippen LogP) is 14.5. The smallest absolute Gasteiger partial charge is 0.297 e. The molecule has 63 heavy (non-hydrogen) atoms. The largest absolute Gasteiger partial charge is 0.468 e. The van der Waals surface area contributed by atoms with Crippen molar-refractivity contribution in [2.45, 2.75) is 136 Å². The zero-order valence-electron chi connectivity index (χ0n) is 39.7. The monoisotopic (exact) mass is 827 g/mol. The molecule has 4 heteroatoms. The summed E-state index contributed by atoms with van der Waals surface area (Å²) < 4.78 is 7.35. The first-order valence-corrected chi connectivity index (χ1v) is 23.5. The summed E-state index contributed by atoms with van der Waals surface area (Å²) >= 11 is 0. The third-order valence-corrected chi connectivity index (χ3v) is 16.0. The Bertz CT molecular complexity index is 3030. The lowest BCUT2D eigenvalue weighted by Crippen LogP contribution is -2.61. The van der Waals surface area contributed by atoms with Gasteiger partial charge in [-0.25, -0.2) is 0 Å². The third kappa shape index (κ3) is 6.06. The second-order valence-corrected chi connectivity index (χ2v) is 23.2. The van der Waals surface area contributed by atoms with Crippen LogP contribution in [0.2, 0.25) is 0 Å². The van der Waals surface area contributed by atoms with Gasteiger partial charge in [0.05, 0.1) is 11.3 Å². The second-order valence-electron chi connectivity index (χ2n) is 23.2. The summed E-state index contributed by atoms with van der Waals surface area (Å²) in [6, 6.07) is 44.7. The molecule has 0 saturated carbocycles. The molecule has 2 aliphatic heterocycles. The molecule has 0 fully saturated rings. The minimum atomic E-state index is -0.107. The van der Waals surface area contributed by atoms with E-state index in [-0.39, 0.29) is 33.8 Å². The maximum Gasteiger partial charge on any atom is 0.297 e. The van der Waals surface area contributed by atoms with Crippen molar-refractivity contribution in [2.24, 2.45) is 0 Å². The molecule has 4 aliphatic rings. The Labute approximate surface area is 376 Å². The molecule has 0 saturated heterocycles. The van der Waals surface area contributed by atoms with Crippen molar-refractivity contribution in [3.8, 4) is 11.1 Å². The molecule has 0 spiro atoms. The average molecular weight is 827 g/mol. The second kappa shape index (κ2) is 13.3. The van der Waals surface area contributed by atoms with Crippen molar-refractivity contribution in [3.63, 3.8) is 0 Å². The number of furan rings is 1. The zero-order chi connectivity index (χ0) is 44.2. The Morgan fingerprint density at radius 3 is 1.67 bits per heavy atom. The number of fused-ring (bicyclic) bond motifs is 8. The molecule has 318 valence electrons. The average Bonchev–Trinajstić information content (AvgIpc) is 3.62. The van der Waals surface area contributed by atoms with Crippen molar-refractivity contribution in [1.82, 2.24) is 0 Å². The summed E-state index contributed by atoms with van der Waals surface area (Å²) in [6.45, 7) is 28.6. The topological polar surface area (TPSA) is 19.6 Å². The van der Waals surface area contributed by atoms with E-state index >= 15 is 0 Å². The Kier molecular flexibility index (Phi) is 8.50. The molecule has 0 bridgehead atoms. The van der Waals surface area contributed by atoms with Crippen LogP contribution in [-0.2, 0) is 27.1 Å². The standard InChI is InChI=1S/C59H63BN2O/c1-36-30-49-52-50(31-36)62(41-21-23-44-46(35-41)59(11,12)29-27-57(44,7)8)53-42-33-39(55(2,3)4)19-25-51(42)63-54(53)60(52)47-24-18-38(37-16-14-13-15-17-37)32-48(47)61(49)40-20-22-43-45(34-40)58(9,10)28-26-56(43,5)6/h13-25,30-35H,26-29H2,1-12H3. The Morgan fingerprint density at radius 1 is 0.524 bits per heavy atom. The molecule has 11 rings (SSSR count). The number of hydrogen-bond acceptors (Lipinski definition) is 3. The van der Waals surface area contributed by atoms with Crippen molar-refractivity contribution in [1.29, 1.82) is 0 Å². The lowest BCUT2D eigenvalue weighted by atomic mass is 9.35. The van der Waals surface area contributed by atoms with Gasteiger partial charge in [0.2, 0.25) is 0 Å². The molecule has 3 nitrogen and oxygen atoms in total. The molecule has 0 atom stereocenters. The maximum absolute atomic E-state index is 7.35. The van der Waals surface area contributed by atoms with E-state index in [1.165, 1.54) is 121 Å². The minimum absolute atomic E-state index is 0.0225. The zero-order valence-corrected chi connectivity index (χ0v) is 39.7. The van der Waals surface area contributed by atoms with E-state index in [1.54, 1.807) is 0 Å². The van der Waals surface area contributed by atoms with Crippen LogP contribution in [0.1, 0.15) is 135 Å². The van der Waals surface area contributed by atoms with E-state index in [0.717, 1.165) is 11.2 Å². The van der Waals surface area contributed by atoms with Gasteiger partial charge in [-0.15, -0.1) is 0 Å². The highest BCUT2D eigenvalue weighted by molar-refractivity contribution is 7.00. The van der Waals surface area contributed by atoms with Gasteiger partial charge in [-0.3, -0.25) is 0 Å². The van der Waals surface area contributed by atoms with Crippen LogP contribution >= 0.6 is 0 Å². The Hall–Kier alpha value is -5.48. The van der Waals surface area contributed by atoms with Gasteiger partial charge in [-0.05, 0) is 170 Å². The van der Waals surface area contributed by atoms with E-state index in [0.29, 0.717) is 0 Å². The lowest BCUT2D eigenvalue weighted by molar-refractivity contribution is 0.332. The van der Waals surface area contributed by atoms with E-state index in [2.05, 4.69) is 208 Å². The summed E-state index contributed by atoms with van der Waals surface area (Å²) in [4.78, 5) is 5.19. The molecular formula is C59H63BN2O. The van der Waals surface area contributed by atoms with Crippen LogP contribution in [0, 0.1) is 6.92 Å². The summed E-state index contributed by atoms with van der Waals surface area (Å²) in [6.07, 6.45) is 4.71. The number of nitrogens with zero attached hydrogens (tertiary/aromatic N) is 2. The molecule has 0 unspecified atom stereocenters. The summed E-state index contributed by atoms with van der Waals surface area (Å²) in [5.41, 5.74) is 23.0. The van der Waals surface area contributed by atoms with Gasteiger partial charge in [-0.2, -0.15) is 0 Å². The van der Waals surface area contributed by atoms with Crippen LogP contribution < -0.4 is 26.4 Å². The number of hydrogen-bond donors (Lipinski definition) is 0. The first-order valence-electron chi connectivity index (χ1n) is 23.5. The first kappa shape index (κ1) is 40.3. The minimum Gasteiger partial charge on any atom is -0.468 e. The highest BCUT2D eigenvalue weighted by Crippen LogP contribution is 2.53. The molecule has 0 N–H and O–H groups in total. The highest BCUT2D eigenvalue weighted by Gasteiger charge is 2.48. The van der Waals surface area contributed by atoms with Gasteiger partial charge >= 0.3 is 0 Å². The van der Waals surface area contributed by atoms with Gasteiger partial charge in [0.15, 0.2) is 0 Å². The van der Waals surface area contributed by atoms with Crippen molar-refractivity contribution < 1.29 is 4.42 Å². The van der Waals surface area contributed by atoms with Crippen LogP contribution in [0.4, 0.5) is 34.1 Å². The van der Waals surface area contributed by atoms with Crippen LogP contribution in [-0.4, -0.2) is 6.71 Å². The molecule has 0 amide bonds. The van der Waals surface area contributed by atoms with E-state index < -0.39 is 0 Å². The van der Waals surface area contributed by atoms with Gasteiger partial charge in [0.1, 0.15) is 5.58 Å². The summed E-state index contributed by atoms with van der Waals surface area (Å²) in [5, 5.41) is 1.17. The Morgan fingerprint density at radius 2 is 1.08 bits per heavy atom. The van der Waals surface area contributed by atoms with Gasteiger partial charge in [-0.1, -0.05) is 137 Å². The third-order valence-electron chi connectivity index (χ3n) is 16.0. The molecule has 0 radical (unpaired) electrons. The maximum atomic E-state index is 7.35. The van der Waals surface area contributed by atoms with Crippen LogP contribution in [0.5, 0.6) is 0 Å². The predicted molar refractivity (Wildman–Crippen MR) is 270 cm³/mol. The van der Waals surface area contributed by atoms with Crippen LogP contribution in [0.25, 0.3) is 22.1 Å². The van der Waals surface area contributed by atoms with Gasteiger partial charge < -0.3 is 14.2 Å². The quantitative estimate of drug-likeness (QED) is 0.165. The van der Waals surface area contributed by atoms with E-state index in [4.69, 9.17) is 4.42 Å². The van der Waals surface area contributed by atoms with Crippen LogP contribution in [0.15, 0.2) is 120 Å². The summed E-state index contributed by atoms with van der Waals surface area (Å²) in [7, 11) is 0. The molecular weight excluding hydrogens is 763 g/mol. The van der Waals surface area contributed by atoms with E-state index in [9.17, 15) is 0 Å². The molecule has 6 aromatic carbocycles. The number of aryl methyl sites for hydroxylation is 1. The van der Waals surface area contributed by atoms with Crippen molar-refractivity contribution in [2.75, 3.05) is 9.80 Å². The lowest BCUT2D eigenvalue weighted by Gasteiger charge is -2.45. The normalized spacial score (nSPS) is 18.6. The number of benzene rings is 6. The Balaban J connectivity index is 1.24. The molecule has 7 aromatic rings. The van der Waals surface area contributed by atoms with E-state index in [1.807, 2.05) is 0 Å². The van der Waals surface area contributed by atoms with Gasteiger partial charge in [0, 0.05) is 33.8 Å². The van der Waals surface area contributed by atoms with Crippen LogP contribution in [0.3, 0.4) is 0 Å². The van der Waals surface area contributed by atoms with Crippen molar-refractivity contribution >= 4 is 68.4 Å². The fourth-order valence-electron chi connectivity index (χ4n) is 11.9.